The van der Waals surface area contributed by atoms with Gasteiger partial charge in [0.1, 0.15) is 5.75 Å². The van der Waals surface area contributed by atoms with Gasteiger partial charge in [-0.15, -0.1) is 5.10 Å². The van der Waals surface area contributed by atoms with Gasteiger partial charge in [-0.1, -0.05) is 41.5 Å². The highest BCUT2D eigenvalue weighted by Gasteiger charge is 2.06. The molecule has 0 aliphatic carbocycles. The first-order valence-corrected chi connectivity index (χ1v) is 5.97. The predicted octanol–water partition coefficient (Wildman–Crippen LogP) is 2.84. The van der Waals surface area contributed by atoms with Gasteiger partial charge in [-0.25, -0.2) is 0 Å². The fourth-order valence-electron chi connectivity index (χ4n) is 1.87. The Bertz CT molecular complexity index is 688. The van der Waals surface area contributed by atoms with E-state index in [-0.39, 0.29) is 6.61 Å². The maximum atomic E-state index is 5.74. The lowest BCUT2D eigenvalue weighted by Gasteiger charge is -2.06. The Morgan fingerprint density at radius 3 is 2.79 bits per heavy atom. The van der Waals surface area contributed by atoms with Gasteiger partial charge >= 0.3 is 6.01 Å². The van der Waals surface area contributed by atoms with Crippen LogP contribution in [0.3, 0.4) is 0 Å². The van der Waals surface area contributed by atoms with Crippen molar-refractivity contribution in [1.29, 1.82) is 0 Å². The lowest BCUT2D eigenvalue weighted by atomic mass is 10.1. The van der Waals surface area contributed by atoms with Crippen LogP contribution in [0.5, 0.6) is 5.75 Å². The van der Waals surface area contributed by atoms with Gasteiger partial charge in [-0.3, -0.25) is 0 Å². The first-order chi connectivity index (χ1) is 9.36. The zero-order chi connectivity index (χ0) is 13.1. The molecule has 0 fully saturated rings. The van der Waals surface area contributed by atoms with Gasteiger partial charge in [-0.2, -0.15) is 0 Å². The van der Waals surface area contributed by atoms with E-state index < -0.39 is 0 Å². The number of benzene rings is 2. The summed E-state index contributed by atoms with van der Waals surface area (Å²) in [6, 6.07) is 14.4. The van der Waals surface area contributed by atoms with Crippen LogP contribution < -0.4 is 10.1 Å². The van der Waals surface area contributed by atoms with Gasteiger partial charge in [0.05, 0.1) is 0 Å². The lowest BCUT2D eigenvalue weighted by Crippen LogP contribution is -1.96. The van der Waals surface area contributed by atoms with Crippen LogP contribution in [0.2, 0.25) is 0 Å². The van der Waals surface area contributed by atoms with Crippen LogP contribution in [-0.2, 0) is 6.61 Å². The minimum absolute atomic E-state index is 0.253. The van der Waals surface area contributed by atoms with Crippen molar-refractivity contribution in [2.45, 2.75) is 6.61 Å². The van der Waals surface area contributed by atoms with E-state index in [2.05, 4.69) is 15.5 Å². The third-order valence-corrected chi connectivity index (χ3v) is 2.78. The van der Waals surface area contributed by atoms with Crippen molar-refractivity contribution < 1.29 is 9.15 Å². The Labute approximate surface area is 110 Å². The minimum atomic E-state index is 0.253. The number of anilines is 1. The SMILES string of the molecule is CNc1nnc(COc2cccc3ccccc23)o1. The topological polar surface area (TPSA) is 60.2 Å². The quantitative estimate of drug-likeness (QED) is 0.776. The number of aromatic nitrogens is 2. The van der Waals surface area contributed by atoms with E-state index in [1.165, 1.54) is 0 Å². The summed E-state index contributed by atoms with van der Waals surface area (Å²) < 4.78 is 11.0. The van der Waals surface area contributed by atoms with Gasteiger partial charge in [0, 0.05) is 12.4 Å². The Morgan fingerprint density at radius 1 is 1.11 bits per heavy atom. The molecule has 19 heavy (non-hydrogen) atoms. The predicted molar refractivity (Wildman–Crippen MR) is 72.1 cm³/mol. The minimum Gasteiger partial charge on any atom is -0.483 e. The molecule has 5 heteroatoms. The number of ether oxygens (including phenoxy) is 1. The second-order valence-corrected chi connectivity index (χ2v) is 4.02. The van der Waals surface area contributed by atoms with Crippen LogP contribution >= 0.6 is 0 Å². The molecule has 96 valence electrons. The van der Waals surface area contributed by atoms with Crippen LogP contribution in [0.4, 0.5) is 6.01 Å². The largest absolute Gasteiger partial charge is 0.483 e. The average molecular weight is 255 g/mol. The molecule has 0 saturated carbocycles. The summed E-state index contributed by atoms with van der Waals surface area (Å²) in [5.41, 5.74) is 0. The molecule has 3 rings (SSSR count). The van der Waals surface area contributed by atoms with Gasteiger partial charge < -0.3 is 14.5 Å². The van der Waals surface area contributed by atoms with E-state index in [1.807, 2.05) is 42.5 Å². The molecule has 0 bridgehead atoms. The van der Waals surface area contributed by atoms with E-state index in [4.69, 9.17) is 9.15 Å². The molecular formula is C14H13N3O2. The van der Waals surface area contributed by atoms with Gasteiger partial charge in [0.25, 0.3) is 5.89 Å². The first-order valence-electron chi connectivity index (χ1n) is 5.97. The molecule has 0 radical (unpaired) electrons. The molecule has 0 aliphatic rings. The molecule has 1 N–H and O–H groups in total. The molecule has 1 heterocycles. The fourth-order valence-corrected chi connectivity index (χ4v) is 1.87. The first kappa shape index (κ1) is 11.5. The fraction of sp³-hybridized carbons (Fsp3) is 0.143. The Morgan fingerprint density at radius 2 is 1.95 bits per heavy atom. The summed E-state index contributed by atoms with van der Waals surface area (Å²) in [4.78, 5) is 0. The second-order valence-electron chi connectivity index (χ2n) is 4.02. The van der Waals surface area contributed by atoms with E-state index in [0.717, 1.165) is 16.5 Å². The number of nitrogens with one attached hydrogen (secondary N) is 1. The number of nitrogens with zero attached hydrogens (tertiary/aromatic N) is 2. The molecule has 2 aromatic carbocycles. The van der Waals surface area contributed by atoms with E-state index in [1.54, 1.807) is 7.05 Å². The zero-order valence-corrected chi connectivity index (χ0v) is 10.5. The van der Waals surface area contributed by atoms with Crippen molar-refractivity contribution in [3.63, 3.8) is 0 Å². The standard InChI is InChI=1S/C14H13N3O2/c1-15-14-17-16-13(19-14)9-18-12-8-4-6-10-5-2-3-7-11(10)12/h2-8H,9H2,1H3,(H,15,17). The molecular weight excluding hydrogens is 242 g/mol. The zero-order valence-electron chi connectivity index (χ0n) is 10.5. The molecule has 1 aromatic heterocycles. The van der Waals surface area contributed by atoms with E-state index >= 15 is 0 Å². The van der Waals surface area contributed by atoms with Crippen LogP contribution in [-0.4, -0.2) is 17.2 Å². The monoisotopic (exact) mass is 255 g/mol. The highest BCUT2D eigenvalue weighted by Crippen LogP contribution is 2.25. The van der Waals surface area contributed by atoms with E-state index in [9.17, 15) is 0 Å². The summed E-state index contributed by atoms with van der Waals surface area (Å²) in [5, 5.41) is 12.7. The normalized spacial score (nSPS) is 10.6. The third-order valence-electron chi connectivity index (χ3n) is 2.78. The summed E-state index contributed by atoms with van der Waals surface area (Å²) in [7, 11) is 1.73. The molecule has 0 spiro atoms. The second kappa shape index (κ2) is 4.97. The van der Waals surface area contributed by atoms with Crippen molar-refractivity contribution in [2.75, 3.05) is 12.4 Å². The van der Waals surface area contributed by atoms with Crippen LogP contribution in [0.1, 0.15) is 5.89 Å². The number of rotatable bonds is 4. The number of hydrogen-bond acceptors (Lipinski definition) is 5. The van der Waals surface area contributed by atoms with Crippen molar-refractivity contribution in [3.05, 3.63) is 48.4 Å². The molecule has 3 aromatic rings. The summed E-state index contributed by atoms with van der Waals surface area (Å²) in [5.74, 6) is 1.25. The molecule has 0 unspecified atom stereocenters. The van der Waals surface area contributed by atoms with Crippen LogP contribution in [0, 0.1) is 0 Å². The maximum Gasteiger partial charge on any atom is 0.315 e. The van der Waals surface area contributed by atoms with Crippen LogP contribution in [0.15, 0.2) is 46.9 Å². The summed E-state index contributed by atoms with van der Waals surface area (Å²) >= 11 is 0. The molecule has 0 saturated heterocycles. The highest BCUT2D eigenvalue weighted by atomic mass is 16.5. The summed E-state index contributed by atoms with van der Waals surface area (Å²) in [6.45, 7) is 0.253. The molecule has 0 aliphatic heterocycles. The van der Waals surface area contributed by atoms with Crippen molar-refractivity contribution >= 4 is 16.8 Å². The van der Waals surface area contributed by atoms with Crippen molar-refractivity contribution in [2.24, 2.45) is 0 Å². The number of fused-ring (bicyclic) bond motifs is 1. The highest BCUT2D eigenvalue weighted by molar-refractivity contribution is 5.88. The molecule has 5 nitrogen and oxygen atoms in total. The van der Waals surface area contributed by atoms with Gasteiger partial charge in [0.2, 0.25) is 0 Å². The van der Waals surface area contributed by atoms with Gasteiger partial charge in [0.15, 0.2) is 6.61 Å². The molecule has 0 amide bonds. The van der Waals surface area contributed by atoms with Gasteiger partial charge in [-0.05, 0) is 11.5 Å². The lowest BCUT2D eigenvalue weighted by molar-refractivity contribution is 0.267. The average Bonchev–Trinajstić information content (AvgIpc) is 2.93. The van der Waals surface area contributed by atoms with Crippen molar-refractivity contribution in [3.8, 4) is 5.75 Å². The Kier molecular flexibility index (Phi) is 3.02. The van der Waals surface area contributed by atoms with Crippen molar-refractivity contribution in [1.82, 2.24) is 10.2 Å². The number of hydrogen-bond donors (Lipinski definition) is 1. The maximum absolute atomic E-state index is 5.74. The van der Waals surface area contributed by atoms with E-state index in [0.29, 0.717) is 11.9 Å². The van der Waals surface area contributed by atoms with Crippen LogP contribution in [0.25, 0.3) is 10.8 Å². The smallest absolute Gasteiger partial charge is 0.315 e. The molecule has 0 atom stereocenters. The summed E-state index contributed by atoms with van der Waals surface area (Å²) in [6.07, 6.45) is 0. The Hall–Kier alpha value is -2.56. The Balaban J connectivity index is 1.81. The third kappa shape index (κ3) is 2.35.